The quantitative estimate of drug-likeness (QED) is 0.850. The van der Waals surface area contributed by atoms with Gasteiger partial charge in [0.15, 0.2) is 12.4 Å². The molecule has 0 bridgehead atoms. The van der Waals surface area contributed by atoms with Crippen LogP contribution in [0.1, 0.15) is 23.2 Å². The smallest absolute Gasteiger partial charge is 0.262 e. The summed E-state index contributed by atoms with van der Waals surface area (Å²) in [6.07, 6.45) is 1.69. The van der Waals surface area contributed by atoms with Crippen molar-refractivity contribution in [1.29, 1.82) is 0 Å². The number of ketones is 1. The molecule has 1 saturated heterocycles. The number of carbonyl (C=O) groups excluding carboxylic acids is 2. The van der Waals surface area contributed by atoms with Gasteiger partial charge in [-0.2, -0.15) is 0 Å². The molecule has 5 nitrogen and oxygen atoms in total. The molecule has 0 saturated carbocycles. The summed E-state index contributed by atoms with van der Waals surface area (Å²) in [4.78, 5) is 23.7. The number of Topliss-reactive ketones (excluding diaryl/α,β-unsaturated/α-hetero) is 1. The summed E-state index contributed by atoms with van der Waals surface area (Å²) in [6.45, 7) is 1.09. The van der Waals surface area contributed by atoms with Crippen LogP contribution in [0.15, 0.2) is 12.1 Å². The van der Waals surface area contributed by atoms with E-state index in [4.69, 9.17) is 21.1 Å². The molecule has 3 rings (SSSR count). The fourth-order valence-electron chi connectivity index (χ4n) is 2.46. The normalized spacial score (nSPS) is 21.6. The van der Waals surface area contributed by atoms with Gasteiger partial charge in [-0.3, -0.25) is 9.59 Å². The second kappa shape index (κ2) is 5.42. The van der Waals surface area contributed by atoms with E-state index >= 15 is 0 Å². The summed E-state index contributed by atoms with van der Waals surface area (Å²) in [5, 5.41) is 2.99. The molecule has 6 heteroatoms. The Morgan fingerprint density at radius 2 is 2.25 bits per heavy atom. The van der Waals surface area contributed by atoms with Crippen LogP contribution in [0.3, 0.4) is 0 Å². The first kappa shape index (κ1) is 13.4. The number of rotatable bonds is 2. The predicted octanol–water partition coefficient (Wildman–Crippen LogP) is 2.28. The molecule has 1 fully saturated rings. The molecular formula is C14H14ClNO4. The van der Waals surface area contributed by atoms with E-state index in [9.17, 15) is 9.59 Å². The van der Waals surface area contributed by atoms with Crippen LogP contribution in [0.4, 0.5) is 5.69 Å². The van der Waals surface area contributed by atoms with Gasteiger partial charge in [0.2, 0.25) is 0 Å². The van der Waals surface area contributed by atoms with Gasteiger partial charge in [-0.05, 0) is 25.0 Å². The van der Waals surface area contributed by atoms with Gasteiger partial charge in [-0.25, -0.2) is 0 Å². The molecule has 20 heavy (non-hydrogen) atoms. The summed E-state index contributed by atoms with van der Waals surface area (Å²) in [5.74, 6) is 0.0675. The van der Waals surface area contributed by atoms with E-state index in [0.29, 0.717) is 35.2 Å². The summed E-state index contributed by atoms with van der Waals surface area (Å²) >= 11 is 6.15. The van der Waals surface area contributed by atoms with Gasteiger partial charge >= 0.3 is 0 Å². The Bertz CT molecular complexity index is 567. The van der Waals surface area contributed by atoms with Crippen molar-refractivity contribution in [3.05, 3.63) is 22.7 Å². The number of hydrogen-bond acceptors (Lipinski definition) is 4. The maximum Gasteiger partial charge on any atom is 0.262 e. The van der Waals surface area contributed by atoms with Crippen LogP contribution >= 0.6 is 11.6 Å². The molecule has 1 amide bonds. The van der Waals surface area contributed by atoms with Gasteiger partial charge in [-0.15, -0.1) is 0 Å². The van der Waals surface area contributed by atoms with E-state index in [2.05, 4.69) is 5.32 Å². The Morgan fingerprint density at radius 1 is 1.40 bits per heavy atom. The van der Waals surface area contributed by atoms with Gasteiger partial charge in [0.25, 0.3) is 5.91 Å². The maximum absolute atomic E-state index is 12.5. The topological polar surface area (TPSA) is 64.6 Å². The minimum atomic E-state index is -0.228. The zero-order valence-corrected chi connectivity index (χ0v) is 11.5. The lowest BCUT2D eigenvalue weighted by atomic mass is 9.92. The SMILES string of the molecule is O=C1COc2cc(C(=O)C3CCCOC3)c(Cl)cc2N1. The first-order chi connectivity index (χ1) is 9.65. The summed E-state index contributed by atoms with van der Waals surface area (Å²) < 4.78 is 10.7. The predicted molar refractivity (Wildman–Crippen MR) is 73.5 cm³/mol. The average Bonchev–Trinajstić information content (AvgIpc) is 2.46. The highest BCUT2D eigenvalue weighted by molar-refractivity contribution is 6.34. The molecule has 106 valence electrons. The fraction of sp³-hybridized carbons (Fsp3) is 0.429. The minimum Gasteiger partial charge on any atom is -0.482 e. The third kappa shape index (κ3) is 2.51. The number of anilines is 1. The number of benzene rings is 1. The van der Waals surface area contributed by atoms with Crippen molar-refractivity contribution in [2.75, 3.05) is 25.1 Å². The lowest BCUT2D eigenvalue weighted by molar-refractivity contribution is -0.118. The molecule has 1 unspecified atom stereocenters. The van der Waals surface area contributed by atoms with Crippen LogP contribution in [0.25, 0.3) is 0 Å². The Morgan fingerprint density at radius 3 is 3.00 bits per heavy atom. The van der Waals surface area contributed by atoms with Crippen LogP contribution in [0.5, 0.6) is 5.75 Å². The van der Waals surface area contributed by atoms with E-state index in [1.807, 2.05) is 0 Å². The molecule has 0 aromatic heterocycles. The van der Waals surface area contributed by atoms with Crippen molar-refractivity contribution in [3.8, 4) is 5.75 Å². The Hall–Kier alpha value is -1.59. The Labute approximate surface area is 121 Å². The fourth-order valence-corrected chi connectivity index (χ4v) is 2.71. The largest absolute Gasteiger partial charge is 0.482 e. The van der Waals surface area contributed by atoms with Crippen LogP contribution in [0.2, 0.25) is 5.02 Å². The zero-order valence-electron chi connectivity index (χ0n) is 10.8. The monoisotopic (exact) mass is 295 g/mol. The number of hydrogen-bond donors (Lipinski definition) is 1. The third-order valence-corrected chi connectivity index (χ3v) is 3.81. The van der Waals surface area contributed by atoms with Crippen LogP contribution in [-0.4, -0.2) is 31.5 Å². The second-order valence-corrected chi connectivity index (χ2v) is 5.35. The van der Waals surface area contributed by atoms with Gasteiger partial charge in [0.05, 0.1) is 17.3 Å². The highest BCUT2D eigenvalue weighted by atomic mass is 35.5. The molecule has 1 atom stereocenters. The molecule has 2 aliphatic rings. The minimum absolute atomic E-state index is 0.0296. The van der Waals surface area contributed by atoms with Crippen molar-refractivity contribution in [1.82, 2.24) is 0 Å². The van der Waals surface area contributed by atoms with E-state index in [0.717, 1.165) is 12.8 Å². The van der Waals surface area contributed by atoms with E-state index in [-0.39, 0.29) is 24.2 Å². The van der Waals surface area contributed by atoms with Crippen LogP contribution in [0, 0.1) is 5.92 Å². The molecule has 2 aliphatic heterocycles. The van der Waals surface area contributed by atoms with E-state index in [1.165, 1.54) is 0 Å². The maximum atomic E-state index is 12.5. The first-order valence-corrected chi connectivity index (χ1v) is 6.91. The highest BCUT2D eigenvalue weighted by Gasteiger charge is 2.27. The molecule has 0 aliphatic carbocycles. The molecule has 1 aromatic carbocycles. The van der Waals surface area contributed by atoms with Crippen molar-refractivity contribution in [2.24, 2.45) is 5.92 Å². The zero-order chi connectivity index (χ0) is 14.1. The molecule has 1 N–H and O–H groups in total. The van der Waals surface area contributed by atoms with E-state index in [1.54, 1.807) is 12.1 Å². The first-order valence-electron chi connectivity index (χ1n) is 6.53. The summed E-state index contributed by atoms with van der Waals surface area (Å²) in [5.41, 5.74) is 0.930. The Kier molecular flexibility index (Phi) is 3.63. The second-order valence-electron chi connectivity index (χ2n) is 4.94. The van der Waals surface area contributed by atoms with Gasteiger partial charge < -0.3 is 14.8 Å². The highest BCUT2D eigenvalue weighted by Crippen LogP contribution is 2.35. The number of amides is 1. The van der Waals surface area contributed by atoms with Crippen molar-refractivity contribution >= 4 is 29.0 Å². The third-order valence-electron chi connectivity index (χ3n) is 3.50. The van der Waals surface area contributed by atoms with Crippen molar-refractivity contribution < 1.29 is 19.1 Å². The van der Waals surface area contributed by atoms with E-state index < -0.39 is 0 Å². The molecular weight excluding hydrogens is 282 g/mol. The lowest BCUT2D eigenvalue weighted by Crippen LogP contribution is -2.27. The van der Waals surface area contributed by atoms with Gasteiger partial charge in [0.1, 0.15) is 5.75 Å². The lowest BCUT2D eigenvalue weighted by Gasteiger charge is -2.23. The van der Waals surface area contributed by atoms with Gasteiger partial charge in [0, 0.05) is 18.1 Å². The van der Waals surface area contributed by atoms with Crippen LogP contribution < -0.4 is 10.1 Å². The summed E-state index contributed by atoms with van der Waals surface area (Å²) in [6, 6.07) is 3.17. The van der Waals surface area contributed by atoms with Crippen molar-refractivity contribution in [3.63, 3.8) is 0 Å². The number of halogens is 1. The van der Waals surface area contributed by atoms with Crippen molar-refractivity contribution in [2.45, 2.75) is 12.8 Å². The van der Waals surface area contributed by atoms with Crippen LogP contribution in [-0.2, 0) is 9.53 Å². The van der Waals surface area contributed by atoms with Gasteiger partial charge in [-0.1, -0.05) is 11.6 Å². The number of nitrogens with one attached hydrogen (secondary N) is 1. The number of ether oxygens (including phenoxy) is 2. The summed E-state index contributed by atoms with van der Waals surface area (Å²) in [7, 11) is 0. The molecule has 2 heterocycles. The number of fused-ring (bicyclic) bond motifs is 1. The molecule has 1 aromatic rings. The Balaban J connectivity index is 1.89. The molecule has 0 radical (unpaired) electrons. The molecule has 0 spiro atoms. The average molecular weight is 296 g/mol. The standard InChI is InChI=1S/C14H14ClNO4/c15-10-5-11-12(20-7-13(17)16-11)4-9(10)14(18)8-2-1-3-19-6-8/h4-5,8H,1-3,6-7H2,(H,16,17). The number of carbonyl (C=O) groups is 2.